The summed E-state index contributed by atoms with van der Waals surface area (Å²) in [7, 11) is 1.71. The lowest BCUT2D eigenvalue weighted by Gasteiger charge is -2.18. The molecule has 2 rings (SSSR count). The highest BCUT2D eigenvalue weighted by Crippen LogP contribution is 2.19. The lowest BCUT2D eigenvalue weighted by molar-refractivity contribution is 0.0784. The Morgan fingerprint density at radius 3 is 2.90 bits per heavy atom. The first-order valence-corrected chi connectivity index (χ1v) is 6.68. The smallest absolute Gasteiger partial charge is 0.257 e. The molecule has 20 heavy (non-hydrogen) atoms. The topological polar surface area (TPSA) is 84.1 Å². The number of nitrogens with one attached hydrogen (secondary N) is 1. The molecule has 0 saturated heterocycles. The van der Waals surface area contributed by atoms with Gasteiger partial charge in [0, 0.05) is 23.9 Å². The van der Waals surface area contributed by atoms with Crippen molar-refractivity contribution in [3.63, 3.8) is 0 Å². The fourth-order valence-corrected chi connectivity index (χ4v) is 2.06. The van der Waals surface area contributed by atoms with Crippen molar-refractivity contribution >= 4 is 27.7 Å². The molecule has 0 unspecified atom stereocenters. The fraction of sp³-hybridized carbons (Fsp3) is 0.154. The maximum absolute atomic E-state index is 12.4. The van der Waals surface area contributed by atoms with Gasteiger partial charge in [0.05, 0.1) is 17.8 Å². The van der Waals surface area contributed by atoms with E-state index in [1.807, 2.05) is 18.2 Å². The van der Waals surface area contributed by atoms with E-state index in [2.05, 4.69) is 31.3 Å². The van der Waals surface area contributed by atoms with Gasteiger partial charge in [-0.2, -0.15) is 0 Å². The first-order valence-electron chi connectivity index (χ1n) is 5.89. The van der Waals surface area contributed by atoms with E-state index < -0.39 is 0 Å². The number of rotatable bonds is 4. The Morgan fingerprint density at radius 2 is 2.25 bits per heavy atom. The predicted octanol–water partition coefficient (Wildman–Crippen LogP) is 1.80. The highest BCUT2D eigenvalue weighted by molar-refractivity contribution is 9.10. The van der Waals surface area contributed by atoms with E-state index >= 15 is 0 Å². The average molecular weight is 336 g/mol. The highest BCUT2D eigenvalue weighted by atomic mass is 79.9. The molecule has 0 aliphatic carbocycles. The number of amides is 1. The molecule has 7 heteroatoms. The van der Waals surface area contributed by atoms with Crippen molar-refractivity contribution in [3.05, 3.63) is 52.4 Å². The van der Waals surface area contributed by atoms with Crippen molar-refractivity contribution in [2.24, 2.45) is 5.84 Å². The number of hydrogen-bond donors (Lipinski definition) is 2. The summed E-state index contributed by atoms with van der Waals surface area (Å²) in [5.41, 5.74) is 3.64. The molecule has 0 saturated carbocycles. The number of anilines is 1. The second-order valence-electron chi connectivity index (χ2n) is 4.18. The van der Waals surface area contributed by atoms with Gasteiger partial charge < -0.3 is 10.3 Å². The summed E-state index contributed by atoms with van der Waals surface area (Å²) < 4.78 is 0.714. The molecule has 6 nitrogen and oxygen atoms in total. The van der Waals surface area contributed by atoms with Crippen molar-refractivity contribution in [1.29, 1.82) is 0 Å². The minimum atomic E-state index is -0.183. The third-order valence-corrected chi connectivity index (χ3v) is 3.13. The van der Waals surface area contributed by atoms with Crippen LogP contribution in [0.3, 0.4) is 0 Å². The number of hydrogen-bond acceptors (Lipinski definition) is 5. The van der Waals surface area contributed by atoms with Gasteiger partial charge in [-0.25, -0.2) is 10.8 Å². The van der Waals surface area contributed by atoms with Gasteiger partial charge >= 0.3 is 0 Å². The summed E-state index contributed by atoms with van der Waals surface area (Å²) in [6, 6.07) is 7.26. The van der Waals surface area contributed by atoms with Crippen molar-refractivity contribution in [1.82, 2.24) is 14.9 Å². The molecule has 0 aliphatic rings. The van der Waals surface area contributed by atoms with Crippen LogP contribution in [0.15, 0.2) is 41.1 Å². The minimum Gasteiger partial charge on any atom is -0.336 e. The Bertz CT molecular complexity index is 605. The number of nitrogen functional groups attached to an aromatic ring is 1. The number of carbonyl (C=O) groups excluding carboxylic acids is 1. The molecule has 0 fully saturated rings. The quantitative estimate of drug-likeness (QED) is 0.657. The van der Waals surface area contributed by atoms with E-state index in [0.29, 0.717) is 22.4 Å². The number of hydrazine groups is 1. The first kappa shape index (κ1) is 14.4. The molecule has 0 aliphatic heterocycles. The molecule has 2 aromatic heterocycles. The van der Waals surface area contributed by atoms with Crippen LogP contribution in [0.25, 0.3) is 0 Å². The normalized spacial score (nSPS) is 10.2. The van der Waals surface area contributed by atoms with Crippen LogP contribution >= 0.6 is 15.9 Å². The second kappa shape index (κ2) is 6.44. The van der Waals surface area contributed by atoms with Crippen LogP contribution < -0.4 is 11.3 Å². The van der Waals surface area contributed by atoms with Gasteiger partial charge in [0.15, 0.2) is 5.82 Å². The van der Waals surface area contributed by atoms with Crippen molar-refractivity contribution in [2.75, 3.05) is 12.5 Å². The molecule has 0 atom stereocenters. The minimum absolute atomic E-state index is 0.183. The predicted molar refractivity (Wildman–Crippen MR) is 79.8 cm³/mol. The molecule has 0 aromatic carbocycles. The maximum Gasteiger partial charge on any atom is 0.257 e. The van der Waals surface area contributed by atoms with Crippen LogP contribution in [0.1, 0.15) is 16.1 Å². The van der Waals surface area contributed by atoms with E-state index in [1.165, 1.54) is 0 Å². The van der Waals surface area contributed by atoms with Gasteiger partial charge in [-0.05, 0) is 34.1 Å². The first-order chi connectivity index (χ1) is 9.61. The summed E-state index contributed by atoms with van der Waals surface area (Å²) in [5, 5.41) is 0. The third kappa shape index (κ3) is 3.31. The van der Waals surface area contributed by atoms with Crippen LogP contribution in [-0.2, 0) is 6.54 Å². The van der Waals surface area contributed by atoms with Gasteiger partial charge in [0.1, 0.15) is 0 Å². The SMILES string of the molecule is CN(Cc1ccccn1)C(=O)c1cc(Br)cnc1NN. The molecular formula is C13H14BrN5O. The van der Waals surface area contributed by atoms with Gasteiger partial charge in [-0.15, -0.1) is 0 Å². The number of nitrogens with two attached hydrogens (primary N) is 1. The molecular weight excluding hydrogens is 322 g/mol. The van der Waals surface area contributed by atoms with Gasteiger partial charge in [0.25, 0.3) is 5.91 Å². The van der Waals surface area contributed by atoms with Gasteiger partial charge in [-0.1, -0.05) is 6.07 Å². The summed E-state index contributed by atoms with van der Waals surface area (Å²) >= 11 is 3.30. The Morgan fingerprint density at radius 1 is 1.45 bits per heavy atom. The summed E-state index contributed by atoms with van der Waals surface area (Å²) in [6.07, 6.45) is 3.27. The largest absolute Gasteiger partial charge is 0.336 e. The zero-order valence-electron chi connectivity index (χ0n) is 10.9. The van der Waals surface area contributed by atoms with Crippen molar-refractivity contribution in [3.8, 4) is 0 Å². The van der Waals surface area contributed by atoms with Crippen LogP contribution in [-0.4, -0.2) is 27.8 Å². The standard InChI is InChI=1S/C13H14BrN5O/c1-19(8-10-4-2-3-5-16-10)13(20)11-6-9(14)7-17-12(11)18-15/h2-7H,8,15H2,1H3,(H,17,18). The van der Waals surface area contributed by atoms with E-state index in [1.54, 1.807) is 30.4 Å². The fourth-order valence-electron chi connectivity index (χ4n) is 1.73. The van der Waals surface area contributed by atoms with Gasteiger partial charge in [-0.3, -0.25) is 9.78 Å². The third-order valence-electron chi connectivity index (χ3n) is 2.69. The molecule has 2 heterocycles. The van der Waals surface area contributed by atoms with Gasteiger partial charge in [0.2, 0.25) is 0 Å². The van der Waals surface area contributed by atoms with Crippen molar-refractivity contribution < 1.29 is 4.79 Å². The average Bonchev–Trinajstić information content (AvgIpc) is 2.47. The summed E-state index contributed by atoms with van der Waals surface area (Å²) in [6.45, 7) is 0.413. The zero-order valence-corrected chi connectivity index (χ0v) is 12.5. The molecule has 1 amide bonds. The zero-order chi connectivity index (χ0) is 14.5. The Kier molecular flexibility index (Phi) is 4.65. The monoisotopic (exact) mass is 335 g/mol. The maximum atomic E-state index is 12.4. The summed E-state index contributed by atoms with van der Waals surface area (Å²) in [4.78, 5) is 22.2. The summed E-state index contributed by atoms with van der Waals surface area (Å²) in [5.74, 6) is 5.54. The number of nitrogens with zero attached hydrogens (tertiary/aromatic N) is 3. The highest BCUT2D eigenvalue weighted by Gasteiger charge is 2.17. The van der Waals surface area contributed by atoms with E-state index in [0.717, 1.165) is 5.69 Å². The Hall–Kier alpha value is -1.99. The van der Waals surface area contributed by atoms with Crippen LogP contribution in [0, 0.1) is 0 Å². The van der Waals surface area contributed by atoms with Crippen LogP contribution in [0.4, 0.5) is 5.82 Å². The number of aromatic nitrogens is 2. The number of halogens is 1. The Balaban J connectivity index is 2.20. The molecule has 0 bridgehead atoms. The van der Waals surface area contributed by atoms with Crippen LogP contribution in [0.5, 0.6) is 0 Å². The van der Waals surface area contributed by atoms with E-state index in [9.17, 15) is 4.79 Å². The van der Waals surface area contributed by atoms with E-state index in [-0.39, 0.29) is 5.91 Å². The molecule has 104 valence electrons. The molecule has 2 aromatic rings. The molecule has 3 N–H and O–H groups in total. The van der Waals surface area contributed by atoms with Crippen molar-refractivity contribution in [2.45, 2.75) is 6.54 Å². The van der Waals surface area contributed by atoms with Crippen LogP contribution in [0.2, 0.25) is 0 Å². The lowest BCUT2D eigenvalue weighted by Crippen LogP contribution is -2.28. The Labute approximate surface area is 125 Å². The number of carbonyl (C=O) groups is 1. The lowest BCUT2D eigenvalue weighted by atomic mass is 10.2. The molecule has 0 radical (unpaired) electrons. The number of pyridine rings is 2. The second-order valence-corrected chi connectivity index (χ2v) is 5.09. The van der Waals surface area contributed by atoms with E-state index in [4.69, 9.17) is 5.84 Å². The molecule has 0 spiro atoms.